The van der Waals surface area contributed by atoms with Crippen LogP contribution >= 0.6 is 0 Å². The molecule has 1 atom stereocenters. The van der Waals surface area contributed by atoms with Gasteiger partial charge in [-0.3, -0.25) is 4.90 Å². The van der Waals surface area contributed by atoms with Crippen LogP contribution in [0.15, 0.2) is 30.5 Å². The van der Waals surface area contributed by atoms with Crippen molar-refractivity contribution in [1.29, 1.82) is 0 Å². The summed E-state index contributed by atoms with van der Waals surface area (Å²) in [5.74, 6) is 0. The molecule has 0 unspecified atom stereocenters. The summed E-state index contributed by atoms with van der Waals surface area (Å²) in [6.07, 6.45) is 3.21. The van der Waals surface area contributed by atoms with Gasteiger partial charge in [-0.2, -0.15) is 0 Å². The van der Waals surface area contributed by atoms with Crippen LogP contribution in [0.25, 0.3) is 10.9 Å². The van der Waals surface area contributed by atoms with Gasteiger partial charge in [0.05, 0.1) is 0 Å². The third kappa shape index (κ3) is 2.04. The van der Waals surface area contributed by atoms with E-state index in [4.69, 9.17) is 0 Å². The molecule has 18 heavy (non-hydrogen) atoms. The number of nitrogens with one attached hydrogen (secondary N) is 2. The summed E-state index contributed by atoms with van der Waals surface area (Å²) in [7, 11) is 0. The van der Waals surface area contributed by atoms with E-state index < -0.39 is 0 Å². The van der Waals surface area contributed by atoms with Crippen molar-refractivity contribution in [1.82, 2.24) is 15.2 Å². The molecule has 2 N–H and O–H groups in total. The molecule has 0 radical (unpaired) electrons. The average Bonchev–Trinajstić information content (AvgIpc) is 2.90. The second kappa shape index (κ2) is 5.12. The number of nitrogens with zero attached hydrogens (tertiary/aromatic N) is 1. The first-order valence-electron chi connectivity index (χ1n) is 6.91. The lowest BCUT2D eigenvalue weighted by molar-refractivity contribution is 0.170. The van der Waals surface area contributed by atoms with E-state index in [1.807, 2.05) is 6.20 Å². The number of hydrogen-bond acceptors (Lipinski definition) is 2. The van der Waals surface area contributed by atoms with Gasteiger partial charge in [-0.1, -0.05) is 19.1 Å². The number of rotatable bonds is 3. The largest absolute Gasteiger partial charge is 0.361 e. The van der Waals surface area contributed by atoms with Crippen LogP contribution in [0, 0.1) is 0 Å². The molecular formula is C15H21N3. The Morgan fingerprint density at radius 3 is 2.83 bits per heavy atom. The molecular weight excluding hydrogens is 222 g/mol. The highest BCUT2D eigenvalue weighted by Gasteiger charge is 2.21. The van der Waals surface area contributed by atoms with Crippen molar-refractivity contribution < 1.29 is 0 Å². The lowest BCUT2D eigenvalue weighted by Gasteiger charge is -2.35. The molecule has 3 rings (SSSR count). The second-order valence-corrected chi connectivity index (χ2v) is 5.00. The zero-order valence-corrected chi connectivity index (χ0v) is 10.9. The maximum Gasteiger partial charge on any atom is 0.0457 e. The van der Waals surface area contributed by atoms with Crippen LogP contribution in [-0.2, 0) is 0 Å². The van der Waals surface area contributed by atoms with Gasteiger partial charge in [0, 0.05) is 49.3 Å². The zero-order valence-electron chi connectivity index (χ0n) is 10.9. The molecule has 0 bridgehead atoms. The summed E-state index contributed by atoms with van der Waals surface area (Å²) < 4.78 is 0. The van der Waals surface area contributed by atoms with Crippen LogP contribution < -0.4 is 5.32 Å². The molecule has 0 saturated carbocycles. The number of piperazine rings is 1. The van der Waals surface area contributed by atoms with E-state index in [0.717, 1.165) is 26.2 Å². The summed E-state index contributed by atoms with van der Waals surface area (Å²) in [6, 6.07) is 9.36. The van der Waals surface area contributed by atoms with Crippen LogP contribution in [0.1, 0.15) is 24.9 Å². The van der Waals surface area contributed by atoms with E-state index in [1.165, 1.54) is 22.9 Å². The lowest BCUT2D eigenvalue weighted by atomic mass is 9.98. The molecule has 1 aromatic heterocycles. The molecule has 1 aliphatic rings. The van der Waals surface area contributed by atoms with Gasteiger partial charge in [0.15, 0.2) is 0 Å². The predicted molar refractivity (Wildman–Crippen MR) is 75.8 cm³/mol. The normalized spacial score (nSPS) is 19.2. The van der Waals surface area contributed by atoms with Crippen LogP contribution in [0.3, 0.4) is 0 Å². The van der Waals surface area contributed by atoms with Crippen molar-refractivity contribution in [3.05, 3.63) is 36.0 Å². The standard InChI is InChI=1S/C15H21N3/c1-2-15(18-10-8-16-9-11-18)13-4-3-5-14-12(13)6-7-17-14/h3-7,15-17H,2,8-11H2,1H3/t15-/m1/s1. The molecule has 1 saturated heterocycles. The van der Waals surface area contributed by atoms with Gasteiger partial charge in [0.1, 0.15) is 0 Å². The number of aromatic nitrogens is 1. The fourth-order valence-corrected chi connectivity index (χ4v) is 3.07. The Hall–Kier alpha value is -1.32. The minimum Gasteiger partial charge on any atom is -0.361 e. The number of aromatic amines is 1. The Morgan fingerprint density at radius 1 is 1.22 bits per heavy atom. The van der Waals surface area contributed by atoms with Crippen LogP contribution in [-0.4, -0.2) is 36.1 Å². The molecule has 96 valence electrons. The van der Waals surface area contributed by atoms with Crippen molar-refractivity contribution >= 4 is 10.9 Å². The molecule has 0 amide bonds. The monoisotopic (exact) mass is 243 g/mol. The summed E-state index contributed by atoms with van der Waals surface area (Å²) in [5.41, 5.74) is 2.72. The summed E-state index contributed by atoms with van der Waals surface area (Å²) in [4.78, 5) is 5.92. The van der Waals surface area contributed by atoms with Gasteiger partial charge >= 0.3 is 0 Å². The van der Waals surface area contributed by atoms with E-state index in [2.05, 4.69) is 46.4 Å². The first-order valence-corrected chi connectivity index (χ1v) is 6.91. The Bertz CT molecular complexity index is 511. The molecule has 3 heteroatoms. The fourth-order valence-electron chi connectivity index (χ4n) is 3.07. The fraction of sp³-hybridized carbons (Fsp3) is 0.467. The number of benzene rings is 1. The van der Waals surface area contributed by atoms with Crippen LogP contribution in [0.2, 0.25) is 0 Å². The Balaban J connectivity index is 1.97. The van der Waals surface area contributed by atoms with Crippen molar-refractivity contribution in [3.63, 3.8) is 0 Å². The highest BCUT2D eigenvalue weighted by molar-refractivity contribution is 5.83. The second-order valence-electron chi connectivity index (χ2n) is 5.00. The Kier molecular flexibility index (Phi) is 3.35. The first-order chi connectivity index (χ1) is 8.90. The first kappa shape index (κ1) is 11.8. The minimum absolute atomic E-state index is 0.548. The quantitative estimate of drug-likeness (QED) is 0.868. The smallest absolute Gasteiger partial charge is 0.0457 e. The lowest BCUT2D eigenvalue weighted by Crippen LogP contribution is -2.45. The Morgan fingerprint density at radius 2 is 2.06 bits per heavy atom. The van der Waals surface area contributed by atoms with Gasteiger partial charge < -0.3 is 10.3 Å². The van der Waals surface area contributed by atoms with Gasteiger partial charge in [-0.15, -0.1) is 0 Å². The molecule has 0 spiro atoms. The van der Waals surface area contributed by atoms with E-state index in [-0.39, 0.29) is 0 Å². The van der Waals surface area contributed by atoms with Crippen molar-refractivity contribution in [2.45, 2.75) is 19.4 Å². The van der Waals surface area contributed by atoms with Crippen LogP contribution in [0.4, 0.5) is 0 Å². The van der Waals surface area contributed by atoms with Gasteiger partial charge in [0.2, 0.25) is 0 Å². The van der Waals surface area contributed by atoms with Crippen LogP contribution in [0.5, 0.6) is 0 Å². The van der Waals surface area contributed by atoms with E-state index in [1.54, 1.807) is 0 Å². The van der Waals surface area contributed by atoms with Gasteiger partial charge in [0.25, 0.3) is 0 Å². The maximum absolute atomic E-state index is 3.43. The van der Waals surface area contributed by atoms with E-state index in [0.29, 0.717) is 6.04 Å². The Labute approximate surface area is 108 Å². The third-order valence-corrected chi connectivity index (χ3v) is 3.97. The molecule has 1 fully saturated rings. The highest BCUT2D eigenvalue weighted by Crippen LogP contribution is 2.30. The number of fused-ring (bicyclic) bond motifs is 1. The van der Waals surface area contributed by atoms with Gasteiger partial charge in [-0.05, 0) is 24.1 Å². The molecule has 2 heterocycles. The molecule has 1 aromatic carbocycles. The number of hydrogen-bond donors (Lipinski definition) is 2. The summed E-state index contributed by atoms with van der Waals surface area (Å²) >= 11 is 0. The molecule has 1 aliphatic heterocycles. The van der Waals surface area contributed by atoms with Gasteiger partial charge in [-0.25, -0.2) is 0 Å². The van der Waals surface area contributed by atoms with Crippen molar-refractivity contribution in [2.24, 2.45) is 0 Å². The predicted octanol–water partition coefficient (Wildman–Crippen LogP) is 2.52. The summed E-state index contributed by atoms with van der Waals surface area (Å²) in [5, 5.41) is 4.81. The summed E-state index contributed by atoms with van der Waals surface area (Å²) in [6.45, 7) is 6.82. The SMILES string of the molecule is CC[C@H](c1cccc2[nH]ccc12)N1CCNCC1. The molecule has 0 aliphatic carbocycles. The zero-order chi connectivity index (χ0) is 12.4. The van der Waals surface area contributed by atoms with E-state index in [9.17, 15) is 0 Å². The maximum atomic E-state index is 3.43. The average molecular weight is 243 g/mol. The third-order valence-electron chi connectivity index (χ3n) is 3.97. The molecule has 3 nitrogen and oxygen atoms in total. The van der Waals surface area contributed by atoms with Crippen molar-refractivity contribution in [3.8, 4) is 0 Å². The topological polar surface area (TPSA) is 31.1 Å². The van der Waals surface area contributed by atoms with E-state index >= 15 is 0 Å². The van der Waals surface area contributed by atoms with Crippen molar-refractivity contribution in [2.75, 3.05) is 26.2 Å². The number of H-pyrrole nitrogens is 1. The highest BCUT2D eigenvalue weighted by atomic mass is 15.2. The minimum atomic E-state index is 0.548. The molecule has 2 aromatic rings.